The molecule has 0 bridgehead atoms. The quantitative estimate of drug-likeness (QED) is 0.733. The summed E-state index contributed by atoms with van der Waals surface area (Å²) in [4.78, 5) is 0. The summed E-state index contributed by atoms with van der Waals surface area (Å²) >= 11 is 0. The first-order valence-electron chi connectivity index (χ1n) is 5.18. The van der Waals surface area contributed by atoms with Crippen LogP contribution in [0.15, 0.2) is 0 Å². The molecule has 0 heterocycles. The third-order valence-corrected chi connectivity index (χ3v) is 4.09. The van der Waals surface area contributed by atoms with Crippen LogP contribution in [0.2, 0.25) is 0 Å². The molecule has 78 valence electrons. The lowest BCUT2D eigenvalue weighted by Crippen LogP contribution is -2.40. The summed E-state index contributed by atoms with van der Waals surface area (Å²) in [5.74, 6) is 0. The Morgan fingerprint density at radius 2 is 1.69 bits per heavy atom. The first-order valence-corrected chi connectivity index (χ1v) is 6.33. The predicted molar refractivity (Wildman–Crippen MR) is 57.9 cm³/mol. The van der Waals surface area contributed by atoms with E-state index in [-0.39, 0.29) is 4.75 Å². The van der Waals surface area contributed by atoms with E-state index in [2.05, 4.69) is 4.72 Å². The molecule has 0 aromatic carbocycles. The molecule has 0 saturated heterocycles. The second-order valence-corrected chi connectivity index (χ2v) is 6.83. The minimum absolute atomic E-state index is 0.128. The van der Waals surface area contributed by atoms with Crippen LogP contribution in [-0.4, -0.2) is 15.0 Å². The zero-order valence-electron chi connectivity index (χ0n) is 8.93. The van der Waals surface area contributed by atoms with E-state index in [9.17, 15) is 4.21 Å². The van der Waals surface area contributed by atoms with Crippen molar-refractivity contribution in [2.75, 3.05) is 0 Å². The van der Waals surface area contributed by atoms with Gasteiger partial charge in [0.15, 0.2) is 0 Å². The Balaban J connectivity index is 2.35. The molecule has 0 radical (unpaired) electrons. The largest absolute Gasteiger partial charge is 0.242 e. The van der Waals surface area contributed by atoms with E-state index in [1.54, 1.807) is 0 Å². The zero-order chi connectivity index (χ0) is 9.90. The van der Waals surface area contributed by atoms with E-state index in [0.717, 1.165) is 0 Å². The molecule has 1 N–H and O–H groups in total. The van der Waals surface area contributed by atoms with Crippen molar-refractivity contribution in [1.82, 2.24) is 4.72 Å². The molecular weight excluding hydrogens is 182 g/mol. The summed E-state index contributed by atoms with van der Waals surface area (Å²) in [6, 6.07) is 0.494. The fourth-order valence-corrected chi connectivity index (χ4v) is 2.44. The van der Waals surface area contributed by atoms with Crippen LogP contribution in [0.5, 0.6) is 0 Å². The Hall–Kier alpha value is 0.110. The Morgan fingerprint density at radius 1 is 1.15 bits per heavy atom. The minimum atomic E-state index is -0.885. The lowest BCUT2D eigenvalue weighted by Gasteiger charge is -2.26. The molecule has 0 spiro atoms. The van der Waals surface area contributed by atoms with Crippen molar-refractivity contribution in [3.05, 3.63) is 0 Å². The molecule has 0 amide bonds. The van der Waals surface area contributed by atoms with E-state index in [0.29, 0.717) is 6.04 Å². The number of nitrogens with one attached hydrogen (secondary N) is 1. The van der Waals surface area contributed by atoms with E-state index >= 15 is 0 Å². The van der Waals surface area contributed by atoms with Gasteiger partial charge in [0, 0.05) is 6.04 Å². The monoisotopic (exact) mass is 203 g/mol. The zero-order valence-corrected chi connectivity index (χ0v) is 9.75. The van der Waals surface area contributed by atoms with Gasteiger partial charge in [-0.15, -0.1) is 0 Å². The Morgan fingerprint density at radius 3 is 2.15 bits per heavy atom. The molecule has 2 nitrogen and oxygen atoms in total. The van der Waals surface area contributed by atoms with Crippen molar-refractivity contribution in [1.29, 1.82) is 0 Å². The maximum Gasteiger partial charge on any atom is 0.0972 e. The van der Waals surface area contributed by atoms with Gasteiger partial charge in [0.1, 0.15) is 0 Å². The molecule has 1 aliphatic carbocycles. The summed E-state index contributed by atoms with van der Waals surface area (Å²) in [7, 11) is -0.885. The molecule has 0 aromatic rings. The minimum Gasteiger partial charge on any atom is -0.242 e. The molecule has 1 saturated carbocycles. The Bertz CT molecular complexity index is 180. The molecule has 1 fully saturated rings. The highest BCUT2D eigenvalue weighted by molar-refractivity contribution is 7.84. The van der Waals surface area contributed by atoms with E-state index < -0.39 is 11.0 Å². The highest BCUT2D eigenvalue weighted by Gasteiger charge is 2.23. The summed E-state index contributed by atoms with van der Waals surface area (Å²) < 4.78 is 14.8. The van der Waals surface area contributed by atoms with Gasteiger partial charge in [-0.05, 0) is 33.6 Å². The van der Waals surface area contributed by atoms with Crippen LogP contribution < -0.4 is 4.72 Å². The first-order chi connectivity index (χ1) is 6.00. The van der Waals surface area contributed by atoms with Gasteiger partial charge in [-0.2, -0.15) is 0 Å². The highest BCUT2D eigenvalue weighted by atomic mass is 32.2. The van der Waals surface area contributed by atoms with Crippen molar-refractivity contribution in [2.24, 2.45) is 0 Å². The maximum atomic E-state index is 11.7. The smallest absolute Gasteiger partial charge is 0.0972 e. The fraction of sp³-hybridized carbons (Fsp3) is 1.00. The SMILES string of the molecule is CC(C)(C)[S@@](=O)NC1CCCCC1. The first kappa shape index (κ1) is 11.2. The van der Waals surface area contributed by atoms with Crippen LogP contribution in [0.3, 0.4) is 0 Å². The summed E-state index contributed by atoms with van der Waals surface area (Å²) in [6.45, 7) is 6.04. The van der Waals surface area contributed by atoms with Gasteiger partial charge in [0.25, 0.3) is 0 Å². The van der Waals surface area contributed by atoms with Crippen LogP contribution in [0.1, 0.15) is 52.9 Å². The molecule has 3 heteroatoms. The van der Waals surface area contributed by atoms with Crippen molar-refractivity contribution in [3.8, 4) is 0 Å². The van der Waals surface area contributed by atoms with Gasteiger partial charge in [-0.1, -0.05) is 19.3 Å². The van der Waals surface area contributed by atoms with Crippen LogP contribution in [-0.2, 0) is 11.0 Å². The van der Waals surface area contributed by atoms with Gasteiger partial charge in [-0.25, -0.2) is 8.93 Å². The third kappa shape index (κ3) is 3.77. The average Bonchev–Trinajstić information content (AvgIpc) is 2.04. The molecule has 0 aliphatic heterocycles. The maximum absolute atomic E-state index is 11.7. The van der Waals surface area contributed by atoms with Crippen LogP contribution in [0.25, 0.3) is 0 Å². The second kappa shape index (κ2) is 4.56. The molecular formula is C10H21NOS. The standard InChI is InChI=1S/C10H21NOS/c1-10(2,3)13(12)11-9-7-5-4-6-8-9/h9,11H,4-8H2,1-3H3/t13-/m1/s1. The van der Waals surface area contributed by atoms with Crippen molar-refractivity contribution in [2.45, 2.75) is 63.7 Å². The molecule has 1 atom stereocenters. The molecule has 1 rings (SSSR count). The lowest BCUT2D eigenvalue weighted by molar-refractivity contribution is 0.416. The van der Waals surface area contributed by atoms with Gasteiger partial charge in [0.05, 0.1) is 15.7 Å². The van der Waals surface area contributed by atoms with Crippen LogP contribution >= 0.6 is 0 Å². The molecule has 1 aliphatic rings. The fourth-order valence-electron chi connectivity index (χ4n) is 1.55. The summed E-state index contributed by atoms with van der Waals surface area (Å²) in [6.07, 6.45) is 6.32. The van der Waals surface area contributed by atoms with E-state index in [1.165, 1.54) is 32.1 Å². The highest BCUT2D eigenvalue weighted by Crippen LogP contribution is 2.19. The molecule has 0 unspecified atom stereocenters. The van der Waals surface area contributed by atoms with Crippen LogP contribution in [0.4, 0.5) is 0 Å². The van der Waals surface area contributed by atoms with E-state index in [4.69, 9.17) is 0 Å². The topological polar surface area (TPSA) is 29.1 Å². The lowest BCUT2D eigenvalue weighted by atomic mass is 9.96. The number of hydrogen-bond acceptors (Lipinski definition) is 1. The second-order valence-electron chi connectivity index (χ2n) is 4.83. The molecule has 0 aromatic heterocycles. The molecule has 13 heavy (non-hydrogen) atoms. The van der Waals surface area contributed by atoms with Gasteiger partial charge < -0.3 is 0 Å². The Kier molecular flexibility index (Phi) is 3.92. The van der Waals surface area contributed by atoms with Crippen molar-refractivity contribution < 1.29 is 4.21 Å². The van der Waals surface area contributed by atoms with Crippen LogP contribution in [0, 0.1) is 0 Å². The van der Waals surface area contributed by atoms with E-state index in [1.807, 2.05) is 20.8 Å². The average molecular weight is 203 g/mol. The number of rotatable bonds is 2. The summed E-state index contributed by atoms with van der Waals surface area (Å²) in [5, 5.41) is 0. The predicted octanol–water partition coefficient (Wildman–Crippen LogP) is 2.37. The van der Waals surface area contributed by atoms with Gasteiger partial charge in [0.2, 0.25) is 0 Å². The van der Waals surface area contributed by atoms with Crippen molar-refractivity contribution >= 4 is 11.0 Å². The normalized spacial score (nSPS) is 23.0. The summed E-state index contributed by atoms with van der Waals surface area (Å²) in [5.41, 5.74) is 0. The van der Waals surface area contributed by atoms with Gasteiger partial charge >= 0.3 is 0 Å². The van der Waals surface area contributed by atoms with Gasteiger partial charge in [-0.3, -0.25) is 0 Å². The van der Waals surface area contributed by atoms with Crippen molar-refractivity contribution in [3.63, 3.8) is 0 Å². The Labute approximate surface area is 84.1 Å². The number of hydrogen-bond donors (Lipinski definition) is 1. The third-order valence-electron chi connectivity index (χ3n) is 2.44.